The Labute approximate surface area is 181 Å². The highest BCUT2D eigenvalue weighted by molar-refractivity contribution is 6.15. The molecule has 1 unspecified atom stereocenters. The van der Waals surface area contributed by atoms with Crippen molar-refractivity contribution in [3.05, 3.63) is 69.3 Å². The standard InChI is InChI=1S/C21H24N4O4.ClH/c1-23(2)18-9-8-14(12-19(18)25(28)29)20(26)16-6-4-5-7-17(16)21(27)24(3)15-10-11-22-13-15;/h4-9,12,15,22H,10-11,13H2,1-3H3;1H. The topological polar surface area (TPSA) is 95.8 Å². The second-order valence-corrected chi connectivity index (χ2v) is 7.29. The first-order valence-electron chi connectivity index (χ1n) is 9.38. The maximum absolute atomic E-state index is 13.2. The molecule has 30 heavy (non-hydrogen) atoms. The number of ketones is 1. The number of carbonyl (C=O) groups excluding carboxylic acids is 2. The van der Waals surface area contributed by atoms with Gasteiger partial charge in [0.15, 0.2) is 5.78 Å². The maximum Gasteiger partial charge on any atom is 0.293 e. The zero-order chi connectivity index (χ0) is 21.1. The van der Waals surface area contributed by atoms with E-state index in [0.29, 0.717) is 11.3 Å². The zero-order valence-corrected chi connectivity index (χ0v) is 17.9. The summed E-state index contributed by atoms with van der Waals surface area (Å²) in [7, 11) is 5.13. The number of nitrogens with zero attached hydrogens (tertiary/aromatic N) is 3. The number of hydrogen-bond donors (Lipinski definition) is 1. The monoisotopic (exact) mass is 432 g/mol. The van der Waals surface area contributed by atoms with Gasteiger partial charge in [-0.3, -0.25) is 19.7 Å². The van der Waals surface area contributed by atoms with Crippen LogP contribution >= 0.6 is 12.4 Å². The van der Waals surface area contributed by atoms with E-state index in [1.54, 1.807) is 67.3 Å². The Bertz CT molecular complexity index is 958. The molecular formula is C21H25ClN4O4. The van der Waals surface area contributed by atoms with Crippen molar-refractivity contribution in [2.45, 2.75) is 12.5 Å². The van der Waals surface area contributed by atoms with Gasteiger partial charge in [-0.25, -0.2) is 0 Å². The van der Waals surface area contributed by atoms with E-state index in [0.717, 1.165) is 19.5 Å². The van der Waals surface area contributed by atoms with Crippen LogP contribution in [0.5, 0.6) is 0 Å². The molecule has 8 nitrogen and oxygen atoms in total. The average molecular weight is 433 g/mol. The number of hydrogen-bond acceptors (Lipinski definition) is 6. The minimum Gasteiger partial charge on any atom is -0.372 e. The number of benzene rings is 2. The molecule has 0 aromatic heterocycles. The van der Waals surface area contributed by atoms with Crippen LogP contribution < -0.4 is 10.2 Å². The zero-order valence-electron chi connectivity index (χ0n) is 17.1. The summed E-state index contributed by atoms with van der Waals surface area (Å²) in [6, 6.07) is 11.0. The molecule has 0 bridgehead atoms. The molecule has 1 aliphatic rings. The number of nitro groups is 1. The Morgan fingerprint density at radius 1 is 1.10 bits per heavy atom. The van der Waals surface area contributed by atoms with E-state index in [1.807, 2.05) is 0 Å². The molecule has 0 aliphatic carbocycles. The van der Waals surface area contributed by atoms with Gasteiger partial charge >= 0.3 is 0 Å². The van der Waals surface area contributed by atoms with Crippen LogP contribution in [0.25, 0.3) is 0 Å². The summed E-state index contributed by atoms with van der Waals surface area (Å²) in [5, 5.41) is 14.7. The third-order valence-corrected chi connectivity index (χ3v) is 5.22. The smallest absolute Gasteiger partial charge is 0.293 e. The molecule has 1 fully saturated rings. The number of likely N-dealkylation sites (N-methyl/N-ethyl adjacent to an activating group) is 1. The van der Waals surface area contributed by atoms with E-state index < -0.39 is 10.7 Å². The van der Waals surface area contributed by atoms with Crippen LogP contribution in [0.1, 0.15) is 32.7 Å². The van der Waals surface area contributed by atoms with E-state index in [-0.39, 0.29) is 41.2 Å². The van der Waals surface area contributed by atoms with E-state index in [9.17, 15) is 19.7 Å². The molecule has 9 heteroatoms. The van der Waals surface area contributed by atoms with Crippen molar-refractivity contribution in [3.8, 4) is 0 Å². The number of anilines is 1. The van der Waals surface area contributed by atoms with Crippen molar-refractivity contribution >= 4 is 35.5 Å². The second-order valence-electron chi connectivity index (χ2n) is 7.29. The predicted octanol–water partition coefficient (Wildman–Crippen LogP) is 2.75. The molecule has 1 aliphatic heterocycles. The lowest BCUT2D eigenvalue weighted by Gasteiger charge is -2.24. The summed E-state index contributed by atoms with van der Waals surface area (Å²) in [5.74, 6) is -0.651. The normalized spacial score (nSPS) is 15.2. The molecule has 1 saturated heterocycles. The number of nitrogens with one attached hydrogen (secondary N) is 1. The molecule has 1 heterocycles. The van der Waals surface area contributed by atoms with Gasteiger partial charge in [-0.15, -0.1) is 12.4 Å². The number of carbonyl (C=O) groups is 2. The van der Waals surface area contributed by atoms with Gasteiger partial charge in [-0.2, -0.15) is 0 Å². The quantitative estimate of drug-likeness (QED) is 0.428. The molecule has 0 spiro atoms. The van der Waals surface area contributed by atoms with Crippen LogP contribution in [0.4, 0.5) is 11.4 Å². The Balaban J connectivity index is 0.00000320. The Morgan fingerprint density at radius 3 is 2.33 bits per heavy atom. The van der Waals surface area contributed by atoms with Crippen LogP contribution in [-0.4, -0.2) is 61.8 Å². The van der Waals surface area contributed by atoms with E-state index in [2.05, 4.69) is 5.32 Å². The summed E-state index contributed by atoms with van der Waals surface area (Å²) >= 11 is 0. The predicted molar refractivity (Wildman–Crippen MR) is 118 cm³/mol. The first kappa shape index (κ1) is 23.3. The summed E-state index contributed by atoms with van der Waals surface area (Å²) in [6.07, 6.45) is 0.858. The van der Waals surface area contributed by atoms with Crippen LogP contribution in [0.15, 0.2) is 42.5 Å². The molecule has 0 saturated carbocycles. The largest absolute Gasteiger partial charge is 0.372 e. The Hall–Kier alpha value is -2.97. The molecule has 1 amide bonds. The maximum atomic E-state index is 13.2. The number of nitro benzene ring substituents is 1. The molecule has 160 valence electrons. The second kappa shape index (κ2) is 9.69. The van der Waals surface area contributed by atoms with Crippen molar-refractivity contribution in [2.75, 3.05) is 39.1 Å². The van der Waals surface area contributed by atoms with Gasteiger partial charge < -0.3 is 15.1 Å². The van der Waals surface area contributed by atoms with Gasteiger partial charge in [-0.1, -0.05) is 18.2 Å². The third-order valence-electron chi connectivity index (χ3n) is 5.22. The Kier molecular flexibility index (Phi) is 7.53. The lowest BCUT2D eigenvalue weighted by atomic mass is 9.96. The van der Waals surface area contributed by atoms with Crippen molar-refractivity contribution in [2.24, 2.45) is 0 Å². The van der Waals surface area contributed by atoms with Crippen molar-refractivity contribution in [3.63, 3.8) is 0 Å². The van der Waals surface area contributed by atoms with E-state index >= 15 is 0 Å². The molecular weight excluding hydrogens is 408 g/mol. The van der Waals surface area contributed by atoms with Crippen LogP contribution in [0, 0.1) is 10.1 Å². The fourth-order valence-electron chi connectivity index (χ4n) is 3.54. The highest BCUT2D eigenvalue weighted by Gasteiger charge is 2.28. The third kappa shape index (κ3) is 4.60. The molecule has 3 rings (SSSR count). The van der Waals surface area contributed by atoms with Gasteiger partial charge in [0.25, 0.3) is 11.6 Å². The SMILES string of the molecule is CN(C)c1ccc(C(=O)c2ccccc2C(=O)N(C)C2CCNC2)cc1[N+](=O)[O-].Cl. The minimum atomic E-state index is -0.510. The molecule has 2 aromatic carbocycles. The lowest BCUT2D eigenvalue weighted by Crippen LogP contribution is -2.39. The molecule has 1 N–H and O–H groups in total. The van der Waals surface area contributed by atoms with Gasteiger partial charge in [-0.05, 0) is 31.2 Å². The van der Waals surface area contributed by atoms with Crippen LogP contribution in [0.2, 0.25) is 0 Å². The molecule has 1 atom stereocenters. The Morgan fingerprint density at radius 2 is 1.77 bits per heavy atom. The van der Waals surface area contributed by atoms with Crippen LogP contribution in [0.3, 0.4) is 0 Å². The number of rotatable bonds is 6. The number of amides is 1. The fourth-order valence-corrected chi connectivity index (χ4v) is 3.54. The highest BCUT2D eigenvalue weighted by Crippen LogP contribution is 2.29. The summed E-state index contributed by atoms with van der Waals surface area (Å²) in [6.45, 7) is 1.57. The fraction of sp³-hybridized carbons (Fsp3) is 0.333. The van der Waals surface area contributed by atoms with Crippen molar-refractivity contribution < 1.29 is 14.5 Å². The van der Waals surface area contributed by atoms with Crippen LogP contribution in [-0.2, 0) is 0 Å². The minimum absolute atomic E-state index is 0. The molecule has 0 radical (unpaired) electrons. The van der Waals surface area contributed by atoms with Gasteiger partial charge in [0.05, 0.1) is 10.5 Å². The first-order chi connectivity index (χ1) is 13.8. The van der Waals surface area contributed by atoms with E-state index in [4.69, 9.17) is 0 Å². The lowest BCUT2D eigenvalue weighted by molar-refractivity contribution is -0.384. The van der Waals surface area contributed by atoms with Crippen molar-refractivity contribution in [1.29, 1.82) is 0 Å². The summed E-state index contributed by atoms with van der Waals surface area (Å²) < 4.78 is 0. The van der Waals surface area contributed by atoms with Gasteiger partial charge in [0.1, 0.15) is 5.69 Å². The van der Waals surface area contributed by atoms with Gasteiger partial charge in [0, 0.05) is 50.9 Å². The number of halogens is 1. The molecule has 2 aromatic rings. The van der Waals surface area contributed by atoms with E-state index in [1.165, 1.54) is 6.07 Å². The van der Waals surface area contributed by atoms with Crippen molar-refractivity contribution in [1.82, 2.24) is 10.2 Å². The average Bonchev–Trinajstić information content (AvgIpc) is 3.26. The highest BCUT2D eigenvalue weighted by atomic mass is 35.5. The first-order valence-corrected chi connectivity index (χ1v) is 9.38. The summed E-state index contributed by atoms with van der Waals surface area (Å²) in [5.41, 5.74) is 0.962. The van der Waals surface area contributed by atoms with Gasteiger partial charge in [0.2, 0.25) is 0 Å². The summed E-state index contributed by atoms with van der Waals surface area (Å²) in [4.78, 5) is 40.4.